The largest absolute Gasteiger partial charge is 0.307 e. The lowest BCUT2D eigenvalue weighted by Crippen LogP contribution is -2.27. The van der Waals surface area contributed by atoms with Crippen molar-refractivity contribution in [1.29, 1.82) is 5.41 Å². The molecular weight excluding hydrogens is 306 g/mol. The second-order valence-electron chi connectivity index (χ2n) is 4.21. The molecule has 5 heteroatoms. The van der Waals surface area contributed by atoms with Crippen LogP contribution >= 0.6 is 17.0 Å². The topological polar surface area (TPSA) is 58.7 Å². The van der Waals surface area contributed by atoms with Gasteiger partial charge in [-0.1, -0.05) is 30.3 Å². The summed E-state index contributed by atoms with van der Waals surface area (Å²) in [5, 5.41) is 7.88. The van der Waals surface area contributed by atoms with E-state index in [-0.39, 0.29) is 29.3 Å². The zero-order valence-corrected chi connectivity index (χ0v) is 12.6. The van der Waals surface area contributed by atoms with E-state index >= 15 is 0 Å². The molecule has 19 heavy (non-hydrogen) atoms. The summed E-state index contributed by atoms with van der Waals surface area (Å²) < 4.78 is 1.61. The minimum atomic E-state index is -0.0112. The Bertz CT molecular complexity index is 635. The highest BCUT2D eigenvalue weighted by molar-refractivity contribution is 8.93. The van der Waals surface area contributed by atoms with Crippen LogP contribution < -0.4 is 5.49 Å². The quantitative estimate of drug-likeness (QED) is 0.883. The predicted octanol–water partition coefficient (Wildman–Crippen LogP) is 2.44. The first-order valence-corrected chi connectivity index (χ1v) is 5.76. The zero-order chi connectivity index (χ0) is 13.1. The molecule has 4 nitrogen and oxygen atoms in total. The lowest BCUT2D eigenvalue weighted by molar-refractivity contribution is 0.0969. The number of aromatic nitrogens is 2. The van der Waals surface area contributed by atoms with Gasteiger partial charge in [0.05, 0.1) is 6.54 Å². The van der Waals surface area contributed by atoms with Crippen molar-refractivity contribution >= 4 is 22.8 Å². The fraction of sp³-hybridized carbons (Fsp3) is 0.214. The Morgan fingerprint density at radius 1 is 1.26 bits per heavy atom. The summed E-state index contributed by atoms with van der Waals surface area (Å²) in [5.74, 6) is 0.673. The Morgan fingerprint density at radius 2 is 1.89 bits per heavy atom. The minimum Gasteiger partial charge on any atom is -0.307 e. The highest BCUT2D eigenvalue weighted by Gasteiger charge is 2.08. The molecule has 2 rings (SSSR count). The number of Topliss-reactive ketones (excluding diaryl/α,β-unsaturated/α-hetero) is 1. The van der Waals surface area contributed by atoms with E-state index in [9.17, 15) is 4.79 Å². The SMILES string of the molecule is Br.Cc1cc(=N)n(CC(=O)c2ccccc2)c(C)n1. The molecule has 1 aromatic carbocycles. The molecule has 0 atom stereocenters. The molecule has 1 aromatic heterocycles. The van der Waals surface area contributed by atoms with Gasteiger partial charge >= 0.3 is 0 Å². The van der Waals surface area contributed by atoms with E-state index in [4.69, 9.17) is 5.41 Å². The third-order valence-corrected chi connectivity index (χ3v) is 2.76. The van der Waals surface area contributed by atoms with Crippen molar-refractivity contribution in [3.05, 3.63) is 59.0 Å². The molecule has 100 valence electrons. The van der Waals surface area contributed by atoms with Gasteiger partial charge in [0.2, 0.25) is 0 Å². The van der Waals surface area contributed by atoms with Crippen molar-refractivity contribution in [2.75, 3.05) is 0 Å². The van der Waals surface area contributed by atoms with Gasteiger partial charge in [0.15, 0.2) is 5.78 Å². The number of ketones is 1. The molecule has 2 aromatic rings. The van der Waals surface area contributed by atoms with E-state index in [0.29, 0.717) is 16.9 Å². The van der Waals surface area contributed by atoms with Gasteiger partial charge in [0.25, 0.3) is 0 Å². The summed E-state index contributed by atoms with van der Waals surface area (Å²) >= 11 is 0. The van der Waals surface area contributed by atoms with Gasteiger partial charge in [0, 0.05) is 17.3 Å². The average molecular weight is 322 g/mol. The van der Waals surface area contributed by atoms with Gasteiger partial charge in [-0.3, -0.25) is 10.2 Å². The van der Waals surface area contributed by atoms with Gasteiger partial charge in [-0.05, 0) is 13.8 Å². The minimum absolute atomic E-state index is 0. The van der Waals surface area contributed by atoms with E-state index < -0.39 is 0 Å². The zero-order valence-electron chi connectivity index (χ0n) is 10.9. The summed E-state index contributed by atoms with van der Waals surface area (Å²) in [6.45, 7) is 3.81. The molecular formula is C14H16BrN3O. The maximum atomic E-state index is 12.1. The molecule has 1 N–H and O–H groups in total. The van der Waals surface area contributed by atoms with Crippen LogP contribution in [0.4, 0.5) is 0 Å². The first kappa shape index (κ1) is 15.3. The molecule has 0 saturated heterocycles. The van der Waals surface area contributed by atoms with E-state index in [1.165, 1.54) is 0 Å². The van der Waals surface area contributed by atoms with Gasteiger partial charge in [-0.15, -0.1) is 17.0 Å². The number of carbonyl (C=O) groups excluding carboxylic acids is 1. The molecule has 0 amide bonds. The second kappa shape index (κ2) is 6.43. The van der Waals surface area contributed by atoms with Gasteiger partial charge in [0.1, 0.15) is 11.3 Å². The first-order chi connectivity index (χ1) is 8.58. The smallest absolute Gasteiger partial charge is 0.182 e. The number of halogens is 1. The fourth-order valence-electron chi connectivity index (χ4n) is 1.86. The Kier molecular flexibility index (Phi) is 5.18. The highest BCUT2D eigenvalue weighted by atomic mass is 79.9. The van der Waals surface area contributed by atoms with Crippen molar-refractivity contribution in [2.24, 2.45) is 0 Å². The molecule has 0 aliphatic heterocycles. The number of nitrogens with zero attached hydrogens (tertiary/aromatic N) is 2. The van der Waals surface area contributed by atoms with Crippen molar-refractivity contribution in [2.45, 2.75) is 20.4 Å². The van der Waals surface area contributed by atoms with Gasteiger partial charge < -0.3 is 4.57 Å². The molecule has 0 aliphatic rings. The Hall–Kier alpha value is -1.75. The third-order valence-electron chi connectivity index (χ3n) is 2.76. The molecule has 1 heterocycles. The van der Waals surface area contributed by atoms with Crippen LogP contribution in [0.15, 0.2) is 36.4 Å². The number of nitrogens with one attached hydrogen (secondary N) is 1. The Balaban J connectivity index is 0.00000180. The average Bonchev–Trinajstić information content (AvgIpc) is 2.34. The van der Waals surface area contributed by atoms with Crippen LogP contribution in [-0.2, 0) is 6.54 Å². The van der Waals surface area contributed by atoms with Crippen LogP contribution in [0.25, 0.3) is 0 Å². The summed E-state index contributed by atoms with van der Waals surface area (Å²) in [7, 11) is 0. The van der Waals surface area contributed by atoms with E-state index in [0.717, 1.165) is 5.69 Å². The molecule has 0 bridgehead atoms. The monoisotopic (exact) mass is 321 g/mol. The van der Waals surface area contributed by atoms with Crippen LogP contribution in [0.1, 0.15) is 21.9 Å². The molecule has 0 spiro atoms. The maximum absolute atomic E-state index is 12.1. The number of rotatable bonds is 3. The van der Waals surface area contributed by atoms with Crippen LogP contribution in [-0.4, -0.2) is 15.3 Å². The number of benzene rings is 1. The number of hydrogen-bond acceptors (Lipinski definition) is 3. The standard InChI is InChI=1S/C14H15N3O.BrH/c1-10-8-14(15)17(11(2)16-10)9-13(18)12-6-4-3-5-7-12;/h3-8,15H,9H2,1-2H3;1H. The Morgan fingerprint density at radius 3 is 2.47 bits per heavy atom. The van der Waals surface area contributed by atoms with Crippen molar-refractivity contribution in [3.8, 4) is 0 Å². The third kappa shape index (κ3) is 3.61. The second-order valence-corrected chi connectivity index (χ2v) is 4.21. The summed E-state index contributed by atoms with van der Waals surface area (Å²) in [6.07, 6.45) is 0. The first-order valence-electron chi connectivity index (χ1n) is 5.76. The lowest BCUT2D eigenvalue weighted by atomic mass is 10.1. The number of hydrogen-bond donors (Lipinski definition) is 1. The Labute approximate surface area is 122 Å². The van der Waals surface area contributed by atoms with Crippen LogP contribution in [0.5, 0.6) is 0 Å². The van der Waals surface area contributed by atoms with E-state index in [1.807, 2.05) is 32.0 Å². The number of aryl methyl sites for hydroxylation is 2. The van der Waals surface area contributed by atoms with Crippen LogP contribution in [0.3, 0.4) is 0 Å². The molecule has 0 aliphatic carbocycles. The molecule has 0 radical (unpaired) electrons. The van der Waals surface area contributed by atoms with Crippen molar-refractivity contribution in [3.63, 3.8) is 0 Å². The summed E-state index contributed by atoms with van der Waals surface area (Å²) in [5.41, 5.74) is 1.76. The van der Waals surface area contributed by atoms with E-state index in [1.54, 1.807) is 22.8 Å². The summed E-state index contributed by atoms with van der Waals surface area (Å²) in [6, 6.07) is 10.8. The van der Waals surface area contributed by atoms with Crippen molar-refractivity contribution in [1.82, 2.24) is 9.55 Å². The maximum Gasteiger partial charge on any atom is 0.182 e. The fourth-order valence-corrected chi connectivity index (χ4v) is 1.86. The molecule has 0 fully saturated rings. The number of carbonyl (C=O) groups is 1. The highest BCUT2D eigenvalue weighted by Crippen LogP contribution is 2.02. The van der Waals surface area contributed by atoms with Crippen LogP contribution in [0, 0.1) is 19.3 Å². The summed E-state index contributed by atoms with van der Waals surface area (Å²) in [4.78, 5) is 16.3. The van der Waals surface area contributed by atoms with Crippen molar-refractivity contribution < 1.29 is 4.79 Å². The van der Waals surface area contributed by atoms with Gasteiger partial charge in [-0.2, -0.15) is 0 Å². The van der Waals surface area contributed by atoms with Crippen LogP contribution in [0.2, 0.25) is 0 Å². The predicted molar refractivity (Wildman–Crippen MR) is 78.7 cm³/mol. The van der Waals surface area contributed by atoms with Gasteiger partial charge in [-0.25, -0.2) is 4.98 Å². The van der Waals surface area contributed by atoms with E-state index in [2.05, 4.69) is 4.98 Å². The normalized spacial score (nSPS) is 9.79. The lowest BCUT2D eigenvalue weighted by Gasteiger charge is -2.10. The molecule has 0 saturated carbocycles. The molecule has 0 unspecified atom stereocenters.